The fraction of sp³-hybridized carbons (Fsp3) is 0.846. The lowest BCUT2D eigenvalue weighted by molar-refractivity contribution is -0.151. The summed E-state index contributed by atoms with van der Waals surface area (Å²) in [7, 11) is 2.01. The van der Waals surface area contributed by atoms with Crippen LogP contribution in [0.15, 0.2) is 0 Å². The van der Waals surface area contributed by atoms with E-state index in [-0.39, 0.29) is 11.9 Å². The number of rotatable bonds is 3. The molecule has 0 radical (unpaired) electrons. The van der Waals surface area contributed by atoms with Crippen molar-refractivity contribution in [3.8, 4) is 0 Å². The van der Waals surface area contributed by atoms with Crippen LogP contribution in [-0.4, -0.2) is 48.1 Å². The molecule has 0 aromatic rings. The summed E-state index contributed by atoms with van der Waals surface area (Å²) in [5, 5.41) is 12.1. The molecule has 1 amide bonds. The van der Waals surface area contributed by atoms with E-state index in [9.17, 15) is 14.7 Å². The Morgan fingerprint density at radius 2 is 2.00 bits per heavy atom. The maximum absolute atomic E-state index is 12.1. The largest absolute Gasteiger partial charge is 0.481 e. The van der Waals surface area contributed by atoms with Crippen LogP contribution >= 0.6 is 0 Å². The first-order chi connectivity index (χ1) is 8.21. The molecule has 1 aliphatic heterocycles. The summed E-state index contributed by atoms with van der Waals surface area (Å²) in [4.78, 5) is 25.5. The number of hydrogen-bond acceptors (Lipinski definition) is 3. The number of nitrogens with zero attached hydrogens (tertiary/aromatic N) is 1. The van der Waals surface area contributed by atoms with Crippen LogP contribution in [-0.2, 0) is 9.59 Å². The Bertz CT molecular complexity index is 323. The van der Waals surface area contributed by atoms with Gasteiger partial charge in [-0.15, -0.1) is 0 Å². The van der Waals surface area contributed by atoms with Crippen LogP contribution in [0.2, 0.25) is 0 Å². The summed E-state index contributed by atoms with van der Waals surface area (Å²) < 4.78 is 0. The molecule has 104 valence electrons. The third-order valence-corrected chi connectivity index (χ3v) is 3.35. The van der Waals surface area contributed by atoms with Gasteiger partial charge in [0.1, 0.15) is 5.92 Å². The predicted molar refractivity (Wildman–Crippen MR) is 69.2 cm³/mol. The lowest BCUT2D eigenvalue weighted by Crippen LogP contribution is -2.51. The van der Waals surface area contributed by atoms with Crippen molar-refractivity contribution in [2.24, 2.45) is 11.3 Å². The molecule has 0 bridgehead atoms. The quantitative estimate of drug-likeness (QED) is 0.737. The zero-order valence-electron chi connectivity index (χ0n) is 11.7. The molecule has 0 saturated carbocycles. The van der Waals surface area contributed by atoms with Crippen molar-refractivity contribution in [2.75, 3.05) is 20.1 Å². The van der Waals surface area contributed by atoms with E-state index < -0.39 is 17.3 Å². The Labute approximate surface area is 109 Å². The van der Waals surface area contributed by atoms with Gasteiger partial charge in [0.15, 0.2) is 0 Å². The zero-order chi connectivity index (χ0) is 13.9. The van der Waals surface area contributed by atoms with Crippen molar-refractivity contribution in [1.29, 1.82) is 0 Å². The molecule has 1 rings (SSSR count). The van der Waals surface area contributed by atoms with Crippen molar-refractivity contribution in [1.82, 2.24) is 10.2 Å². The van der Waals surface area contributed by atoms with Gasteiger partial charge in [-0.25, -0.2) is 0 Å². The van der Waals surface area contributed by atoms with E-state index in [4.69, 9.17) is 0 Å². The monoisotopic (exact) mass is 256 g/mol. The number of nitrogens with one attached hydrogen (secondary N) is 1. The van der Waals surface area contributed by atoms with Gasteiger partial charge in [0.25, 0.3) is 0 Å². The summed E-state index contributed by atoms with van der Waals surface area (Å²) in [6.07, 6.45) is 1.96. The molecule has 1 fully saturated rings. The minimum Gasteiger partial charge on any atom is -0.481 e. The average molecular weight is 256 g/mol. The molecule has 1 heterocycles. The molecule has 2 N–H and O–H groups in total. The summed E-state index contributed by atoms with van der Waals surface area (Å²) in [6, 6.07) is 0.0699. The molecule has 0 aliphatic carbocycles. The van der Waals surface area contributed by atoms with Gasteiger partial charge in [-0.2, -0.15) is 0 Å². The lowest BCUT2D eigenvalue weighted by atomic mass is 9.80. The zero-order valence-corrected chi connectivity index (χ0v) is 11.7. The van der Waals surface area contributed by atoms with Crippen LogP contribution in [0.4, 0.5) is 0 Å². The Hall–Kier alpha value is -1.10. The molecule has 0 spiro atoms. The van der Waals surface area contributed by atoms with Crippen LogP contribution in [0.1, 0.15) is 33.6 Å². The molecule has 2 unspecified atom stereocenters. The summed E-state index contributed by atoms with van der Waals surface area (Å²) in [5.41, 5.74) is -0.573. The van der Waals surface area contributed by atoms with Crippen LogP contribution < -0.4 is 5.32 Å². The normalized spacial score (nSPS) is 23.4. The van der Waals surface area contributed by atoms with Crippen LogP contribution in [0, 0.1) is 11.3 Å². The van der Waals surface area contributed by atoms with E-state index in [0.717, 1.165) is 25.9 Å². The number of piperidine rings is 1. The highest BCUT2D eigenvalue weighted by Gasteiger charge is 2.38. The second-order valence-electron chi connectivity index (χ2n) is 6.25. The molecule has 0 aromatic heterocycles. The molecule has 5 nitrogen and oxygen atoms in total. The van der Waals surface area contributed by atoms with Crippen molar-refractivity contribution < 1.29 is 14.7 Å². The lowest BCUT2D eigenvalue weighted by Gasteiger charge is -2.33. The third-order valence-electron chi connectivity index (χ3n) is 3.35. The number of amides is 1. The van der Waals surface area contributed by atoms with Crippen molar-refractivity contribution in [3.63, 3.8) is 0 Å². The molecule has 1 saturated heterocycles. The van der Waals surface area contributed by atoms with Gasteiger partial charge in [-0.1, -0.05) is 20.8 Å². The highest BCUT2D eigenvalue weighted by Crippen LogP contribution is 2.26. The maximum Gasteiger partial charge on any atom is 0.316 e. The first-order valence-electron chi connectivity index (χ1n) is 6.43. The summed E-state index contributed by atoms with van der Waals surface area (Å²) in [6.45, 7) is 7.16. The number of likely N-dealkylation sites (tertiary alicyclic amines) is 1. The number of likely N-dealkylation sites (N-methyl/N-ethyl adjacent to an activating group) is 1. The molecule has 18 heavy (non-hydrogen) atoms. The van der Waals surface area contributed by atoms with E-state index in [0.29, 0.717) is 0 Å². The van der Waals surface area contributed by atoms with E-state index in [1.54, 1.807) is 20.8 Å². The maximum atomic E-state index is 12.1. The fourth-order valence-electron chi connectivity index (χ4n) is 2.44. The average Bonchev–Trinajstić information content (AvgIpc) is 2.13. The molecule has 5 heteroatoms. The Morgan fingerprint density at radius 1 is 1.39 bits per heavy atom. The smallest absolute Gasteiger partial charge is 0.316 e. The molecule has 0 aromatic carbocycles. The number of carbonyl (C=O) groups is 2. The van der Waals surface area contributed by atoms with Gasteiger partial charge in [0.05, 0.1) is 0 Å². The van der Waals surface area contributed by atoms with Crippen LogP contribution in [0.25, 0.3) is 0 Å². The van der Waals surface area contributed by atoms with E-state index in [1.807, 2.05) is 7.05 Å². The Balaban J connectivity index is 2.65. The number of hydrogen-bond donors (Lipinski definition) is 2. The number of carbonyl (C=O) groups excluding carboxylic acids is 1. The van der Waals surface area contributed by atoms with Crippen molar-refractivity contribution >= 4 is 11.9 Å². The summed E-state index contributed by atoms with van der Waals surface area (Å²) >= 11 is 0. The van der Waals surface area contributed by atoms with E-state index in [2.05, 4.69) is 10.2 Å². The Kier molecular flexibility index (Phi) is 4.73. The minimum atomic E-state index is -1.05. The number of aliphatic carboxylic acids is 1. The highest BCUT2D eigenvalue weighted by atomic mass is 16.4. The van der Waals surface area contributed by atoms with Crippen molar-refractivity contribution in [2.45, 2.75) is 39.7 Å². The first kappa shape index (κ1) is 15.0. The van der Waals surface area contributed by atoms with Gasteiger partial charge >= 0.3 is 5.97 Å². The van der Waals surface area contributed by atoms with Gasteiger partial charge in [0.2, 0.25) is 5.91 Å². The SMILES string of the molecule is CN1CCCC(NC(=O)C(C(=O)O)C(C)(C)C)C1. The molecular formula is C13H24N2O3. The third kappa shape index (κ3) is 3.98. The first-order valence-corrected chi connectivity index (χ1v) is 6.43. The van der Waals surface area contributed by atoms with Crippen LogP contribution in [0.5, 0.6) is 0 Å². The molecule has 2 atom stereocenters. The summed E-state index contributed by atoms with van der Waals surface area (Å²) in [5.74, 6) is -2.41. The predicted octanol–water partition coefficient (Wildman–Crippen LogP) is 0.944. The van der Waals surface area contributed by atoms with Gasteiger partial charge < -0.3 is 15.3 Å². The highest BCUT2D eigenvalue weighted by molar-refractivity contribution is 5.97. The minimum absolute atomic E-state index is 0.0699. The standard InChI is InChI=1S/C13H24N2O3/c1-13(2,3)10(12(17)18)11(16)14-9-6-5-7-15(4)8-9/h9-10H,5-8H2,1-4H3,(H,14,16)(H,17,18). The topological polar surface area (TPSA) is 69.6 Å². The second kappa shape index (κ2) is 5.69. The Morgan fingerprint density at radius 3 is 2.44 bits per heavy atom. The number of carboxylic acids is 1. The van der Waals surface area contributed by atoms with E-state index >= 15 is 0 Å². The second-order valence-corrected chi connectivity index (χ2v) is 6.25. The van der Waals surface area contributed by atoms with Gasteiger partial charge in [-0.05, 0) is 31.8 Å². The van der Waals surface area contributed by atoms with E-state index in [1.165, 1.54) is 0 Å². The van der Waals surface area contributed by atoms with Crippen LogP contribution in [0.3, 0.4) is 0 Å². The fourth-order valence-corrected chi connectivity index (χ4v) is 2.44. The molecule has 1 aliphatic rings. The van der Waals surface area contributed by atoms with Crippen molar-refractivity contribution in [3.05, 3.63) is 0 Å². The molecular weight excluding hydrogens is 232 g/mol. The number of carboxylic acid groups (broad SMARTS) is 1. The van der Waals surface area contributed by atoms with Gasteiger partial charge in [0, 0.05) is 12.6 Å². The van der Waals surface area contributed by atoms with Gasteiger partial charge in [-0.3, -0.25) is 9.59 Å².